The van der Waals surface area contributed by atoms with Gasteiger partial charge in [-0.2, -0.15) is 5.26 Å². The highest BCUT2D eigenvalue weighted by Gasteiger charge is 2.16. The third-order valence-corrected chi connectivity index (χ3v) is 3.53. The lowest BCUT2D eigenvalue weighted by Gasteiger charge is -2.07. The van der Waals surface area contributed by atoms with E-state index in [4.69, 9.17) is 23.2 Å². The number of nitriles is 1. The maximum absolute atomic E-state index is 12.2. The summed E-state index contributed by atoms with van der Waals surface area (Å²) in [6, 6.07) is 12.0. The summed E-state index contributed by atoms with van der Waals surface area (Å²) in [5.41, 5.74) is -0.0796. The van der Waals surface area contributed by atoms with E-state index in [2.05, 4.69) is 5.32 Å². The molecule has 2 rings (SSSR count). The molecule has 2 aromatic carbocycles. The summed E-state index contributed by atoms with van der Waals surface area (Å²) in [6.45, 7) is 0. The molecule has 0 bridgehead atoms. The number of carbonyl (C=O) groups excluding carboxylic acids is 1. The molecule has 0 radical (unpaired) electrons. The van der Waals surface area contributed by atoms with Gasteiger partial charge in [0.1, 0.15) is 11.6 Å². The Bertz CT molecular complexity index is 888. The molecule has 0 heterocycles. The summed E-state index contributed by atoms with van der Waals surface area (Å²) >= 11 is 11.7. The Morgan fingerprint density at radius 1 is 1.25 bits per heavy atom. The summed E-state index contributed by atoms with van der Waals surface area (Å²) in [4.78, 5) is 22.6. The van der Waals surface area contributed by atoms with E-state index in [0.717, 1.165) is 6.08 Å². The number of carbonyl (C=O) groups is 1. The molecule has 24 heavy (non-hydrogen) atoms. The largest absolute Gasteiger partial charge is 0.320 e. The first-order valence-corrected chi connectivity index (χ1v) is 7.29. The lowest BCUT2D eigenvalue weighted by atomic mass is 10.1. The fourth-order valence-corrected chi connectivity index (χ4v) is 2.32. The standard InChI is InChI=1S/C16H9Cl2N3O3/c17-12-5-6-14(13(18)8-12)20-16(22)11(9-19)7-10-3-1-2-4-15(10)21(23)24/h1-8H,(H,20,22)/b11-7+. The molecule has 1 N–H and O–H groups in total. The van der Waals surface area contributed by atoms with Crippen LogP contribution in [0.1, 0.15) is 5.56 Å². The topological polar surface area (TPSA) is 96.0 Å². The van der Waals surface area contributed by atoms with Gasteiger partial charge in [0, 0.05) is 11.1 Å². The SMILES string of the molecule is N#C/C(=C\c1ccccc1[N+](=O)[O-])C(=O)Nc1ccc(Cl)cc1Cl. The molecule has 0 aliphatic carbocycles. The van der Waals surface area contributed by atoms with Crippen molar-refractivity contribution in [1.82, 2.24) is 0 Å². The summed E-state index contributed by atoms with van der Waals surface area (Å²) < 4.78 is 0. The minimum atomic E-state index is -0.736. The number of nitrogens with one attached hydrogen (secondary N) is 1. The van der Waals surface area contributed by atoms with Crippen molar-refractivity contribution in [3.63, 3.8) is 0 Å². The Kier molecular flexibility index (Phi) is 5.53. The molecule has 120 valence electrons. The average molecular weight is 362 g/mol. The van der Waals surface area contributed by atoms with E-state index in [1.165, 1.54) is 36.4 Å². The van der Waals surface area contributed by atoms with Crippen LogP contribution in [0.2, 0.25) is 10.0 Å². The van der Waals surface area contributed by atoms with Crippen molar-refractivity contribution >= 4 is 46.6 Å². The molecular weight excluding hydrogens is 353 g/mol. The predicted octanol–water partition coefficient (Wildman–Crippen LogP) is 4.45. The van der Waals surface area contributed by atoms with Crippen LogP contribution in [0.25, 0.3) is 6.08 Å². The number of hydrogen-bond acceptors (Lipinski definition) is 4. The quantitative estimate of drug-likeness (QED) is 0.376. The number of hydrogen-bond donors (Lipinski definition) is 1. The summed E-state index contributed by atoms with van der Waals surface area (Å²) in [7, 11) is 0. The maximum atomic E-state index is 12.2. The zero-order chi connectivity index (χ0) is 17.7. The van der Waals surface area contributed by atoms with Crippen LogP contribution in [0.15, 0.2) is 48.0 Å². The number of amides is 1. The highest BCUT2D eigenvalue weighted by molar-refractivity contribution is 6.36. The first-order chi connectivity index (χ1) is 11.4. The minimum absolute atomic E-state index is 0.149. The average Bonchev–Trinajstić information content (AvgIpc) is 2.55. The first-order valence-electron chi connectivity index (χ1n) is 6.54. The normalized spacial score (nSPS) is 10.8. The second-order valence-corrected chi connectivity index (χ2v) is 5.41. The summed E-state index contributed by atoms with van der Waals surface area (Å²) in [5.74, 6) is -0.736. The fraction of sp³-hybridized carbons (Fsp3) is 0. The molecule has 0 saturated carbocycles. The van der Waals surface area contributed by atoms with Crippen molar-refractivity contribution in [2.45, 2.75) is 0 Å². The lowest BCUT2D eigenvalue weighted by molar-refractivity contribution is -0.385. The maximum Gasteiger partial charge on any atom is 0.276 e. The second-order valence-electron chi connectivity index (χ2n) is 4.56. The van der Waals surface area contributed by atoms with Crippen molar-refractivity contribution in [2.24, 2.45) is 0 Å². The smallest absolute Gasteiger partial charge is 0.276 e. The third kappa shape index (κ3) is 4.10. The zero-order valence-electron chi connectivity index (χ0n) is 12.0. The Labute approximate surface area is 147 Å². The molecule has 0 unspecified atom stereocenters. The van der Waals surface area contributed by atoms with Crippen LogP contribution in [0, 0.1) is 21.4 Å². The summed E-state index contributed by atoms with van der Waals surface area (Å²) in [6.07, 6.45) is 1.15. The monoisotopic (exact) mass is 361 g/mol. The predicted molar refractivity (Wildman–Crippen MR) is 91.8 cm³/mol. The highest BCUT2D eigenvalue weighted by Crippen LogP contribution is 2.26. The van der Waals surface area contributed by atoms with E-state index in [9.17, 15) is 20.2 Å². The summed E-state index contributed by atoms with van der Waals surface area (Å²) in [5, 5.41) is 23.2. The molecule has 0 fully saturated rings. The van der Waals surface area contributed by atoms with Crippen LogP contribution >= 0.6 is 23.2 Å². The Hall–Kier alpha value is -2.88. The first kappa shape index (κ1) is 17.5. The molecule has 0 atom stereocenters. The second kappa shape index (κ2) is 7.59. The Morgan fingerprint density at radius 2 is 1.96 bits per heavy atom. The Morgan fingerprint density at radius 3 is 2.58 bits per heavy atom. The van der Waals surface area contributed by atoms with Crippen molar-refractivity contribution in [2.75, 3.05) is 5.32 Å². The van der Waals surface area contributed by atoms with Gasteiger partial charge >= 0.3 is 0 Å². The van der Waals surface area contributed by atoms with Crippen LogP contribution in [0.3, 0.4) is 0 Å². The molecular formula is C16H9Cl2N3O3. The van der Waals surface area contributed by atoms with Gasteiger partial charge in [-0.25, -0.2) is 0 Å². The number of rotatable bonds is 4. The van der Waals surface area contributed by atoms with E-state index >= 15 is 0 Å². The van der Waals surface area contributed by atoms with Crippen molar-refractivity contribution in [3.05, 3.63) is 73.8 Å². The van der Waals surface area contributed by atoms with Gasteiger partial charge in [0.25, 0.3) is 11.6 Å². The van der Waals surface area contributed by atoms with E-state index in [1.54, 1.807) is 12.1 Å². The number of benzene rings is 2. The molecule has 0 spiro atoms. The van der Waals surface area contributed by atoms with Gasteiger partial charge in [0.2, 0.25) is 0 Å². The number of nitrogens with zero attached hydrogens (tertiary/aromatic N) is 2. The molecule has 6 nitrogen and oxygen atoms in total. The van der Waals surface area contributed by atoms with Crippen LogP contribution in [-0.4, -0.2) is 10.8 Å². The molecule has 8 heteroatoms. The number of para-hydroxylation sites is 1. The van der Waals surface area contributed by atoms with E-state index in [-0.39, 0.29) is 27.5 Å². The van der Waals surface area contributed by atoms with Crippen molar-refractivity contribution in [1.29, 1.82) is 5.26 Å². The molecule has 1 amide bonds. The van der Waals surface area contributed by atoms with Gasteiger partial charge in [-0.3, -0.25) is 14.9 Å². The van der Waals surface area contributed by atoms with E-state index in [1.807, 2.05) is 0 Å². The zero-order valence-corrected chi connectivity index (χ0v) is 13.5. The van der Waals surface area contributed by atoms with Gasteiger partial charge in [-0.05, 0) is 30.3 Å². The van der Waals surface area contributed by atoms with E-state index < -0.39 is 10.8 Å². The molecule has 0 aromatic heterocycles. The van der Waals surface area contributed by atoms with Gasteiger partial charge in [-0.15, -0.1) is 0 Å². The lowest BCUT2D eigenvalue weighted by Crippen LogP contribution is -2.13. The van der Waals surface area contributed by atoms with Gasteiger partial charge in [0.15, 0.2) is 0 Å². The molecule has 0 aliphatic heterocycles. The number of nitro groups is 1. The van der Waals surface area contributed by atoms with Crippen molar-refractivity contribution in [3.8, 4) is 6.07 Å². The van der Waals surface area contributed by atoms with Gasteiger partial charge < -0.3 is 5.32 Å². The Balaban J connectivity index is 2.33. The van der Waals surface area contributed by atoms with Crippen LogP contribution in [0.4, 0.5) is 11.4 Å². The number of halogens is 2. The van der Waals surface area contributed by atoms with Crippen LogP contribution in [-0.2, 0) is 4.79 Å². The minimum Gasteiger partial charge on any atom is -0.320 e. The molecule has 0 saturated heterocycles. The van der Waals surface area contributed by atoms with Crippen LogP contribution in [0.5, 0.6) is 0 Å². The number of nitro benzene ring substituents is 1. The van der Waals surface area contributed by atoms with Gasteiger partial charge in [0.05, 0.1) is 21.2 Å². The third-order valence-electron chi connectivity index (χ3n) is 2.98. The van der Waals surface area contributed by atoms with Crippen molar-refractivity contribution < 1.29 is 9.72 Å². The molecule has 2 aromatic rings. The highest BCUT2D eigenvalue weighted by atomic mass is 35.5. The number of anilines is 1. The molecule has 0 aliphatic rings. The van der Waals surface area contributed by atoms with Crippen LogP contribution < -0.4 is 5.32 Å². The fourth-order valence-electron chi connectivity index (χ4n) is 1.86. The van der Waals surface area contributed by atoms with Gasteiger partial charge in [-0.1, -0.05) is 35.3 Å². The van der Waals surface area contributed by atoms with E-state index in [0.29, 0.717) is 5.02 Å².